The van der Waals surface area contributed by atoms with Crippen molar-refractivity contribution in [2.75, 3.05) is 18.4 Å². The molecule has 3 amide bonds. The fourth-order valence-electron chi connectivity index (χ4n) is 2.76. The van der Waals surface area contributed by atoms with Crippen LogP contribution >= 0.6 is 0 Å². The van der Waals surface area contributed by atoms with Crippen molar-refractivity contribution in [3.63, 3.8) is 0 Å². The summed E-state index contributed by atoms with van der Waals surface area (Å²) >= 11 is 0. The Bertz CT molecular complexity index is 1040. The van der Waals surface area contributed by atoms with E-state index in [0.717, 1.165) is 5.56 Å². The predicted octanol–water partition coefficient (Wildman–Crippen LogP) is 2.20. The Balaban J connectivity index is 1.60. The van der Waals surface area contributed by atoms with Crippen molar-refractivity contribution in [2.45, 2.75) is 6.92 Å². The van der Waals surface area contributed by atoms with Crippen LogP contribution in [0.2, 0.25) is 0 Å². The number of pyridine rings is 2. The standard InChI is InChI=1S/C22H21N5O3/c1-15-4-2-6-18(19(15)27-21(29)16-7-10-23-11-8-16)22(30)26-13-12-25-20(28)17-5-3-9-24-14-17/h2-11,14H,12-13H2,1H3,(H,25,28)(H,26,30)(H,27,29). The largest absolute Gasteiger partial charge is 0.350 e. The van der Waals surface area contributed by atoms with Gasteiger partial charge < -0.3 is 16.0 Å². The number of aryl methyl sites for hydroxylation is 1. The molecule has 0 radical (unpaired) electrons. The molecule has 0 aliphatic rings. The van der Waals surface area contributed by atoms with Gasteiger partial charge in [0, 0.05) is 43.4 Å². The number of hydrogen-bond donors (Lipinski definition) is 3. The predicted molar refractivity (Wildman–Crippen MR) is 112 cm³/mol. The topological polar surface area (TPSA) is 113 Å². The molecule has 1 aromatic carbocycles. The Morgan fingerprint density at radius 3 is 2.20 bits per heavy atom. The third kappa shape index (κ3) is 5.26. The van der Waals surface area contributed by atoms with E-state index in [0.29, 0.717) is 22.4 Å². The van der Waals surface area contributed by atoms with E-state index < -0.39 is 0 Å². The van der Waals surface area contributed by atoms with Crippen LogP contribution in [-0.2, 0) is 0 Å². The van der Waals surface area contributed by atoms with Gasteiger partial charge in [0.2, 0.25) is 0 Å². The Labute approximate surface area is 173 Å². The van der Waals surface area contributed by atoms with Crippen LogP contribution in [0.25, 0.3) is 0 Å². The van der Waals surface area contributed by atoms with Gasteiger partial charge in [0.05, 0.1) is 16.8 Å². The van der Waals surface area contributed by atoms with Crippen LogP contribution in [0.15, 0.2) is 67.3 Å². The van der Waals surface area contributed by atoms with Gasteiger partial charge in [0.1, 0.15) is 0 Å². The molecule has 0 aliphatic carbocycles. The van der Waals surface area contributed by atoms with Gasteiger partial charge in [-0.25, -0.2) is 0 Å². The average Bonchev–Trinajstić information content (AvgIpc) is 2.78. The summed E-state index contributed by atoms with van der Waals surface area (Å²) in [5, 5.41) is 8.27. The van der Waals surface area contributed by atoms with Crippen molar-refractivity contribution < 1.29 is 14.4 Å². The summed E-state index contributed by atoms with van der Waals surface area (Å²) in [4.78, 5) is 44.9. The molecule has 3 N–H and O–H groups in total. The van der Waals surface area contributed by atoms with Crippen molar-refractivity contribution in [2.24, 2.45) is 0 Å². The van der Waals surface area contributed by atoms with Crippen LogP contribution < -0.4 is 16.0 Å². The molecule has 30 heavy (non-hydrogen) atoms. The number of rotatable bonds is 7. The highest BCUT2D eigenvalue weighted by atomic mass is 16.2. The monoisotopic (exact) mass is 403 g/mol. The van der Waals surface area contributed by atoms with Gasteiger partial charge in [-0.1, -0.05) is 12.1 Å². The van der Waals surface area contributed by atoms with E-state index in [1.807, 2.05) is 13.0 Å². The lowest BCUT2D eigenvalue weighted by Gasteiger charge is -2.14. The number of carbonyl (C=O) groups is 3. The Kier molecular flexibility index (Phi) is 6.83. The van der Waals surface area contributed by atoms with Crippen LogP contribution in [0.3, 0.4) is 0 Å². The maximum absolute atomic E-state index is 12.7. The molecule has 8 heteroatoms. The highest BCUT2D eigenvalue weighted by Crippen LogP contribution is 2.21. The van der Waals surface area contributed by atoms with Crippen LogP contribution in [0.1, 0.15) is 36.6 Å². The van der Waals surface area contributed by atoms with Gasteiger partial charge in [0.25, 0.3) is 17.7 Å². The number of nitrogens with one attached hydrogen (secondary N) is 3. The van der Waals surface area contributed by atoms with Gasteiger partial charge >= 0.3 is 0 Å². The molecule has 2 heterocycles. The quantitative estimate of drug-likeness (QED) is 0.524. The zero-order valence-electron chi connectivity index (χ0n) is 16.4. The summed E-state index contributed by atoms with van der Waals surface area (Å²) in [5.74, 6) is -0.943. The molecule has 3 rings (SSSR count). The van der Waals surface area contributed by atoms with Crippen molar-refractivity contribution in [3.8, 4) is 0 Å². The number of aromatic nitrogens is 2. The number of nitrogens with zero attached hydrogens (tertiary/aromatic N) is 2. The maximum Gasteiger partial charge on any atom is 0.255 e. The van der Waals surface area contributed by atoms with Crippen LogP contribution in [-0.4, -0.2) is 40.8 Å². The van der Waals surface area contributed by atoms with E-state index in [1.54, 1.807) is 42.6 Å². The summed E-state index contributed by atoms with van der Waals surface area (Å²) in [6, 6.07) is 11.7. The van der Waals surface area contributed by atoms with Crippen LogP contribution in [0.5, 0.6) is 0 Å². The molecule has 0 bridgehead atoms. The molecule has 8 nitrogen and oxygen atoms in total. The van der Waals surface area contributed by atoms with Crippen molar-refractivity contribution in [1.82, 2.24) is 20.6 Å². The highest BCUT2D eigenvalue weighted by Gasteiger charge is 2.16. The average molecular weight is 403 g/mol. The van der Waals surface area contributed by atoms with Gasteiger partial charge in [-0.2, -0.15) is 0 Å². The summed E-state index contributed by atoms with van der Waals surface area (Å²) < 4.78 is 0. The number of anilines is 1. The lowest BCUT2D eigenvalue weighted by Crippen LogP contribution is -2.35. The third-order valence-electron chi connectivity index (χ3n) is 4.32. The molecule has 0 saturated carbocycles. The lowest BCUT2D eigenvalue weighted by molar-refractivity contribution is 0.0927. The first-order chi connectivity index (χ1) is 14.6. The molecule has 0 saturated heterocycles. The van der Waals surface area contributed by atoms with E-state index in [9.17, 15) is 14.4 Å². The summed E-state index contributed by atoms with van der Waals surface area (Å²) in [6.07, 6.45) is 6.11. The summed E-state index contributed by atoms with van der Waals surface area (Å²) in [6.45, 7) is 2.30. The minimum atomic E-state index is -0.348. The van der Waals surface area contributed by atoms with E-state index in [1.165, 1.54) is 18.6 Å². The van der Waals surface area contributed by atoms with Crippen molar-refractivity contribution in [1.29, 1.82) is 0 Å². The van der Waals surface area contributed by atoms with E-state index in [4.69, 9.17) is 0 Å². The summed E-state index contributed by atoms with van der Waals surface area (Å²) in [7, 11) is 0. The molecule has 0 unspecified atom stereocenters. The molecular formula is C22H21N5O3. The lowest BCUT2D eigenvalue weighted by atomic mass is 10.1. The minimum absolute atomic E-state index is 0.233. The molecule has 152 valence electrons. The van der Waals surface area contributed by atoms with E-state index in [-0.39, 0.29) is 30.8 Å². The van der Waals surface area contributed by atoms with E-state index in [2.05, 4.69) is 25.9 Å². The van der Waals surface area contributed by atoms with Crippen LogP contribution in [0, 0.1) is 6.92 Å². The number of carbonyl (C=O) groups excluding carboxylic acids is 3. The van der Waals surface area contributed by atoms with Gasteiger partial charge in [-0.15, -0.1) is 0 Å². The molecule has 0 atom stereocenters. The van der Waals surface area contributed by atoms with Crippen molar-refractivity contribution in [3.05, 3.63) is 89.5 Å². The molecule has 0 aliphatic heterocycles. The van der Waals surface area contributed by atoms with Gasteiger partial charge in [-0.3, -0.25) is 24.4 Å². The normalized spacial score (nSPS) is 10.2. The number of hydrogen-bond acceptors (Lipinski definition) is 5. The molecule has 2 aromatic heterocycles. The fraction of sp³-hybridized carbons (Fsp3) is 0.136. The Morgan fingerprint density at radius 2 is 1.50 bits per heavy atom. The molecule has 3 aromatic rings. The maximum atomic E-state index is 12.7. The number of para-hydroxylation sites is 1. The fourth-order valence-corrected chi connectivity index (χ4v) is 2.76. The zero-order chi connectivity index (χ0) is 21.3. The second kappa shape index (κ2) is 9.92. The number of amides is 3. The molecule has 0 fully saturated rings. The Morgan fingerprint density at radius 1 is 0.767 bits per heavy atom. The second-order valence-electron chi connectivity index (χ2n) is 6.44. The summed E-state index contributed by atoms with van der Waals surface area (Å²) in [5.41, 5.74) is 2.43. The first kappa shape index (κ1) is 20.7. The van der Waals surface area contributed by atoms with Crippen molar-refractivity contribution >= 4 is 23.4 Å². The first-order valence-corrected chi connectivity index (χ1v) is 9.33. The SMILES string of the molecule is Cc1cccc(C(=O)NCCNC(=O)c2cccnc2)c1NC(=O)c1ccncc1. The Hall–Kier alpha value is -4.07. The smallest absolute Gasteiger partial charge is 0.255 e. The highest BCUT2D eigenvalue weighted by molar-refractivity contribution is 6.09. The zero-order valence-corrected chi connectivity index (χ0v) is 16.4. The third-order valence-corrected chi connectivity index (χ3v) is 4.32. The number of benzene rings is 1. The minimum Gasteiger partial charge on any atom is -0.350 e. The van der Waals surface area contributed by atoms with E-state index >= 15 is 0 Å². The first-order valence-electron chi connectivity index (χ1n) is 9.33. The second-order valence-corrected chi connectivity index (χ2v) is 6.44. The van der Waals surface area contributed by atoms with Crippen LogP contribution in [0.4, 0.5) is 5.69 Å². The van der Waals surface area contributed by atoms with Gasteiger partial charge in [-0.05, 0) is 42.8 Å². The molecule has 0 spiro atoms. The molecular weight excluding hydrogens is 382 g/mol. The van der Waals surface area contributed by atoms with Gasteiger partial charge in [0.15, 0.2) is 0 Å².